The van der Waals surface area contributed by atoms with Gasteiger partial charge in [0.25, 0.3) is 20.1 Å². The fraction of sp³-hybridized carbons (Fsp3) is 0.160. The Morgan fingerprint density at radius 1 is 0.339 bits per heavy atom. The summed E-state index contributed by atoms with van der Waals surface area (Å²) < 4.78 is 28.6. The van der Waals surface area contributed by atoms with Crippen LogP contribution in [0.1, 0.15) is 41.5 Å². The molecule has 0 saturated heterocycles. The molecule has 6 heterocycles. The summed E-state index contributed by atoms with van der Waals surface area (Å²) in [4.78, 5) is 5.04. The summed E-state index contributed by atoms with van der Waals surface area (Å²) in [6.07, 6.45) is 0. The number of benzene rings is 7. The number of fused-ring (bicyclic) bond motifs is 14. The molecule has 0 radical (unpaired) electrons. The van der Waals surface area contributed by atoms with Crippen LogP contribution in [-0.2, 0) is 0 Å². The third-order valence-electron chi connectivity index (χ3n) is 13.2. The van der Waals surface area contributed by atoms with Gasteiger partial charge in [-0.3, -0.25) is 0 Å². The fourth-order valence-corrected chi connectivity index (χ4v) is 11.2. The molecule has 282 valence electrons. The van der Waals surface area contributed by atoms with Crippen molar-refractivity contribution < 1.29 is 18.9 Å². The van der Waals surface area contributed by atoms with Crippen molar-refractivity contribution >= 4 is 92.1 Å². The molecule has 0 aromatic heterocycles. The summed E-state index contributed by atoms with van der Waals surface area (Å²) in [6, 6.07) is 45.4. The zero-order valence-corrected chi connectivity index (χ0v) is 33.9. The van der Waals surface area contributed by atoms with Crippen molar-refractivity contribution in [2.45, 2.75) is 52.6 Å². The molecule has 0 unspecified atom stereocenters. The molecule has 7 aromatic rings. The summed E-state index contributed by atoms with van der Waals surface area (Å²) in [5.41, 5.74) is 14.1. The summed E-state index contributed by atoms with van der Waals surface area (Å²) in [5.74, 6) is 6.90. The molecule has 9 heteroatoms. The van der Waals surface area contributed by atoms with Crippen LogP contribution < -0.4 is 77.9 Å². The van der Waals surface area contributed by atoms with Crippen molar-refractivity contribution in [3.8, 4) is 46.0 Å². The lowest BCUT2D eigenvalue weighted by molar-refractivity contribution is 0.465. The quantitative estimate of drug-likeness (QED) is 0.173. The highest BCUT2D eigenvalue weighted by molar-refractivity contribution is 7.05. The first-order chi connectivity index (χ1) is 28.6. The highest BCUT2D eigenvalue weighted by Gasteiger charge is 2.54. The zero-order chi connectivity index (χ0) is 39.7. The highest BCUT2D eigenvalue weighted by Crippen LogP contribution is 2.49. The third kappa shape index (κ3) is 4.30. The maximum atomic E-state index is 7.36. The van der Waals surface area contributed by atoms with Crippen LogP contribution >= 0.6 is 0 Å². The monoisotopic (exact) mass is 764 g/mol. The van der Waals surface area contributed by atoms with Gasteiger partial charge in [-0.15, -0.1) is 0 Å². The second-order valence-corrected chi connectivity index (χ2v) is 18.7. The van der Waals surface area contributed by atoms with Gasteiger partial charge in [0.1, 0.15) is 46.0 Å². The van der Waals surface area contributed by atoms with E-state index in [4.69, 9.17) is 18.9 Å². The van der Waals surface area contributed by atoms with E-state index < -0.39 is 0 Å². The number of hydrogen-bond acceptors (Lipinski definition) is 6. The first-order valence-electron chi connectivity index (χ1n) is 20.8. The van der Waals surface area contributed by atoms with Gasteiger partial charge in [0.05, 0.1) is 0 Å². The van der Waals surface area contributed by atoms with Crippen LogP contribution in [-0.4, -0.2) is 31.2 Å². The second kappa shape index (κ2) is 11.2. The summed E-state index contributed by atoms with van der Waals surface area (Å²) in [7, 11) is 0. The Morgan fingerprint density at radius 2 is 0.695 bits per heavy atom. The highest BCUT2D eigenvalue weighted by atomic mass is 16.5. The molecule has 6 aliphatic heterocycles. The number of ether oxygens (including phenoxy) is 4. The van der Waals surface area contributed by atoms with Crippen LogP contribution in [0, 0.1) is 0 Å². The lowest BCUT2D eigenvalue weighted by atomic mass is 9.28. The Morgan fingerprint density at radius 3 is 1.07 bits per heavy atom. The lowest BCUT2D eigenvalue weighted by Gasteiger charge is -2.52. The van der Waals surface area contributed by atoms with E-state index in [9.17, 15) is 0 Å². The van der Waals surface area contributed by atoms with Crippen molar-refractivity contribution in [2.75, 3.05) is 9.80 Å². The SMILES string of the molecule is CC(C)(C)N1c2cccc3c2B(c2c1cc1c4c2Oc2ccccc2B4c2ccccc2O1)c1c(cc2c4c1Oc1ccccc1B4c1ccccc1O2)N3C(C)(C)C. The number of anilines is 4. The van der Waals surface area contributed by atoms with E-state index in [1.807, 2.05) is 0 Å². The van der Waals surface area contributed by atoms with Gasteiger partial charge in [-0.2, -0.15) is 0 Å². The number of nitrogens with zero attached hydrogens (tertiary/aromatic N) is 2. The van der Waals surface area contributed by atoms with Crippen molar-refractivity contribution in [2.24, 2.45) is 0 Å². The molecule has 0 atom stereocenters. The van der Waals surface area contributed by atoms with Crippen molar-refractivity contribution in [1.29, 1.82) is 0 Å². The predicted molar refractivity (Wildman–Crippen MR) is 243 cm³/mol. The van der Waals surface area contributed by atoms with Gasteiger partial charge in [0, 0.05) is 56.9 Å². The number of para-hydroxylation sites is 4. The first kappa shape index (κ1) is 33.5. The second-order valence-electron chi connectivity index (χ2n) is 18.7. The molecule has 0 N–H and O–H groups in total. The normalized spacial score (nSPS) is 15.3. The zero-order valence-electron chi connectivity index (χ0n) is 33.9. The van der Waals surface area contributed by atoms with Crippen molar-refractivity contribution in [3.05, 3.63) is 127 Å². The van der Waals surface area contributed by atoms with E-state index in [0.29, 0.717) is 0 Å². The van der Waals surface area contributed by atoms with Crippen molar-refractivity contribution in [3.63, 3.8) is 0 Å². The Hall–Kier alpha value is -6.47. The van der Waals surface area contributed by atoms with Crippen LogP contribution in [0.3, 0.4) is 0 Å². The van der Waals surface area contributed by atoms with Gasteiger partial charge in [-0.1, -0.05) is 78.9 Å². The number of hydrogen-bond donors (Lipinski definition) is 0. The smallest absolute Gasteiger partial charge is 0.261 e. The van der Waals surface area contributed by atoms with Crippen LogP contribution in [0.2, 0.25) is 0 Å². The topological polar surface area (TPSA) is 43.4 Å². The average molecular weight is 764 g/mol. The van der Waals surface area contributed by atoms with Crippen LogP contribution in [0.4, 0.5) is 22.7 Å². The largest absolute Gasteiger partial charge is 0.459 e. The van der Waals surface area contributed by atoms with Gasteiger partial charge < -0.3 is 28.7 Å². The van der Waals surface area contributed by atoms with Gasteiger partial charge >= 0.3 is 0 Å². The molecule has 7 aromatic carbocycles. The molecule has 0 bridgehead atoms. The minimum Gasteiger partial charge on any atom is -0.459 e. The summed E-state index contributed by atoms with van der Waals surface area (Å²) >= 11 is 0. The Labute approximate surface area is 345 Å². The minimum atomic E-state index is -0.316. The molecule has 0 amide bonds. The molecule has 0 aliphatic carbocycles. The summed E-state index contributed by atoms with van der Waals surface area (Å²) in [6.45, 7) is 13.4. The Bertz CT molecular complexity index is 2820. The van der Waals surface area contributed by atoms with Gasteiger partial charge in [-0.05, 0) is 116 Å². The maximum absolute atomic E-state index is 7.36. The van der Waals surface area contributed by atoms with E-state index in [1.165, 1.54) is 16.8 Å². The molecule has 6 aliphatic rings. The maximum Gasteiger partial charge on any atom is 0.261 e. The van der Waals surface area contributed by atoms with Crippen LogP contribution in [0.25, 0.3) is 0 Å². The standard InChI is InChI=1S/C50H39B3N2O4/c1-49(2,3)54-32-20-15-21-33-42(32)53(43-34(54)26-40-45-47(43)58-38-24-13-9-18-30(38)51(45)28-16-7-11-22-36(28)56-40)44-35(55(33)50(4,5)6)27-41-46-48(44)59-39-25-14-10-19-31(39)52(46)29-17-8-12-23-37(29)57-41/h7-27H,1-6H3. The fourth-order valence-electron chi connectivity index (χ4n) is 11.2. The van der Waals surface area contributed by atoms with Crippen molar-refractivity contribution in [1.82, 2.24) is 0 Å². The molecule has 0 saturated carbocycles. The molecule has 59 heavy (non-hydrogen) atoms. The van der Waals surface area contributed by atoms with Crippen LogP contribution in [0.15, 0.2) is 127 Å². The van der Waals surface area contributed by atoms with E-state index in [-0.39, 0.29) is 31.2 Å². The predicted octanol–water partition coefficient (Wildman–Crippen LogP) is 6.16. The Kier molecular flexibility index (Phi) is 6.34. The molecule has 6 nitrogen and oxygen atoms in total. The van der Waals surface area contributed by atoms with Gasteiger partial charge in [0.15, 0.2) is 0 Å². The molecular formula is C50H39B3N2O4. The lowest BCUT2D eigenvalue weighted by Crippen LogP contribution is -2.69. The van der Waals surface area contributed by atoms with Gasteiger partial charge in [0.2, 0.25) is 0 Å². The molecule has 0 spiro atoms. The molecule has 13 rings (SSSR count). The minimum absolute atomic E-state index is 0.0617. The van der Waals surface area contributed by atoms with Gasteiger partial charge in [-0.25, -0.2) is 0 Å². The van der Waals surface area contributed by atoms with E-state index in [0.717, 1.165) is 101 Å². The van der Waals surface area contributed by atoms with E-state index >= 15 is 0 Å². The third-order valence-corrected chi connectivity index (χ3v) is 13.2. The van der Waals surface area contributed by atoms with E-state index in [2.05, 4.69) is 179 Å². The summed E-state index contributed by atoms with van der Waals surface area (Å²) in [5, 5.41) is 0. The molecular weight excluding hydrogens is 725 g/mol. The molecule has 0 fully saturated rings. The first-order valence-corrected chi connectivity index (χ1v) is 20.8. The average Bonchev–Trinajstić information content (AvgIpc) is 3.22. The van der Waals surface area contributed by atoms with E-state index in [1.54, 1.807) is 0 Å². The Balaban J connectivity index is 1.19. The number of rotatable bonds is 0. The van der Waals surface area contributed by atoms with Crippen LogP contribution in [0.5, 0.6) is 46.0 Å².